The van der Waals surface area contributed by atoms with E-state index >= 15 is 0 Å². The summed E-state index contributed by atoms with van der Waals surface area (Å²) >= 11 is 8.11. The van der Waals surface area contributed by atoms with Crippen molar-refractivity contribution in [2.45, 2.75) is 27.2 Å². The van der Waals surface area contributed by atoms with Crippen molar-refractivity contribution in [2.75, 3.05) is 0 Å². The third-order valence-electron chi connectivity index (χ3n) is 1.61. The van der Waals surface area contributed by atoms with Gasteiger partial charge in [-0.25, -0.2) is 9.97 Å². The zero-order valence-electron chi connectivity index (χ0n) is 7.93. The molecule has 13 heavy (non-hydrogen) atoms. The Kier molecular flexibility index (Phi) is 3.91. The monoisotopic (exact) mass is 310 g/mol. The zero-order chi connectivity index (χ0) is 10.0. The Morgan fingerprint density at radius 1 is 1.38 bits per heavy atom. The minimum atomic E-state index is 0.565. The molecule has 1 rings (SSSR count). The van der Waals surface area contributed by atoms with Crippen molar-refractivity contribution < 1.29 is 0 Å². The smallest absolute Gasteiger partial charge is 0.146 e. The van der Waals surface area contributed by atoms with E-state index in [2.05, 4.69) is 46.4 Å². The van der Waals surface area contributed by atoms with Crippen molar-refractivity contribution in [1.82, 2.24) is 9.97 Å². The molecule has 0 aromatic carbocycles. The largest absolute Gasteiger partial charge is 0.237 e. The average molecular weight is 311 g/mol. The van der Waals surface area contributed by atoms with Gasteiger partial charge >= 0.3 is 0 Å². The molecule has 0 saturated carbocycles. The lowest BCUT2D eigenvalue weighted by molar-refractivity contribution is 0.618. The van der Waals surface area contributed by atoms with Crippen molar-refractivity contribution in [3.8, 4) is 0 Å². The van der Waals surface area contributed by atoms with Gasteiger partial charge in [0, 0.05) is 6.42 Å². The van der Waals surface area contributed by atoms with Gasteiger partial charge in [0.1, 0.15) is 11.0 Å². The molecule has 1 aromatic rings. The van der Waals surface area contributed by atoms with Crippen LogP contribution in [0.1, 0.15) is 25.4 Å². The molecule has 2 nitrogen and oxygen atoms in total. The third-order valence-corrected chi connectivity index (χ3v) is 3.50. The summed E-state index contributed by atoms with van der Waals surface area (Å²) in [5.41, 5.74) is 0.969. The molecule has 0 aliphatic heterocycles. The van der Waals surface area contributed by atoms with E-state index in [-0.39, 0.29) is 0 Å². The molecular formula is C9H12ClIN2. The lowest BCUT2D eigenvalue weighted by Crippen LogP contribution is -2.04. The number of rotatable bonds is 2. The summed E-state index contributed by atoms with van der Waals surface area (Å²) in [6.07, 6.45) is 0.886. The van der Waals surface area contributed by atoms with E-state index in [1.54, 1.807) is 0 Å². The van der Waals surface area contributed by atoms with Crippen molar-refractivity contribution in [1.29, 1.82) is 0 Å². The fourth-order valence-electron chi connectivity index (χ4n) is 1.04. The maximum Gasteiger partial charge on any atom is 0.146 e. The molecule has 0 aliphatic rings. The summed E-state index contributed by atoms with van der Waals surface area (Å²) in [6.45, 7) is 6.24. The molecule has 0 saturated heterocycles. The summed E-state index contributed by atoms with van der Waals surface area (Å²) < 4.78 is 0.951. The summed E-state index contributed by atoms with van der Waals surface area (Å²) in [5, 5.41) is 0.573. The van der Waals surface area contributed by atoms with E-state index in [1.807, 2.05) is 6.92 Å². The Morgan fingerprint density at radius 2 is 2.00 bits per heavy atom. The number of aromatic nitrogens is 2. The van der Waals surface area contributed by atoms with Crippen LogP contribution >= 0.6 is 34.2 Å². The first-order chi connectivity index (χ1) is 6.00. The molecule has 4 heteroatoms. The van der Waals surface area contributed by atoms with Gasteiger partial charge in [0.15, 0.2) is 0 Å². The Morgan fingerprint density at radius 3 is 2.46 bits per heavy atom. The van der Waals surface area contributed by atoms with Crippen LogP contribution in [0.15, 0.2) is 0 Å². The number of hydrogen-bond donors (Lipinski definition) is 0. The van der Waals surface area contributed by atoms with Crippen LogP contribution in [-0.4, -0.2) is 9.97 Å². The van der Waals surface area contributed by atoms with E-state index in [4.69, 9.17) is 11.6 Å². The van der Waals surface area contributed by atoms with Crippen LogP contribution in [0.3, 0.4) is 0 Å². The number of hydrogen-bond acceptors (Lipinski definition) is 2. The highest BCUT2D eigenvalue weighted by molar-refractivity contribution is 14.1. The maximum absolute atomic E-state index is 5.94. The van der Waals surface area contributed by atoms with Gasteiger partial charge in [-0.15, -0.1) is 0 Å². The number of nitrogens with zero attached hydrogens (tertiary/aromatic N) is 2. The quantitative estimate of drug-likeness (QED) is 0.619. The fraction of sp³-hybridized carbons (Fsp3) is 0.556. The summed E-state index contributed by atoms with van der Waals surface area (Å²) in [6, 6.07) is 0. The van der Waals surface area contributed by atoms with Crippen molar-refractivity contribution in [3.05, 3.63) is 20.2 Å². The molecule has 0 unspecified atom stereocenters. The number of halogens is 2. The Hall–Kier alpha value is 0.100. The van der Waals surface area contributed by atoms with E-state index < -0.39 is 0 Å². The molecule has 1 aromatic heterocycles. The van der Waals surface area contributed by atoms with Gasteiger partial charge in [-0.2, -0.15) is 0 Å². The van der Waals surface area contributed by atoms with Gasteiger partial charge < -0.3 is 0 Å². The molecule has 0 fully saturated rings. The Labute approximate surface area is 97.3 Å². The van der Waals surface area contributed by atoms with Crippen LogP contribution in [0.4, 0.5) is 0 Å². The van der Waals surface area contributed by atoms with Crippen LogP contribution in [-0.2, 0) is 6.42 Å². The lowest BCUT2D eigenvalue weighted by Gasteiger charge is -2.06. The molecule has 0 spiro atoms. The van der Waals surface area contributed by atoms with Crippen LogP contribution in [0, 0.1) is 16.4 Å². The first kappa shape index (κ1) is 11.2. The van der Waals surface area contributed by atoms with Crippen LogP contribution in [0.5, 0.6) is 0 Å². The predicted octanol–water partition coefficient (Wildman–Crippen LogP) is 3.24. The molecule has 0 bridgehead atoms. The first-order valence-electron chi connectivity index (χ1n) is 4.19. The lowest BCUT2D eigenvalue weighted by atomic mass is 10.1. The van der Waals surface area contributed by atoms with Crippen LogP contribution in [0.25, 0.3) is 0 Å². The zero-order valence-corrected chi connectivity index (χ0v) is 10.8. The van der Waals surface area contributed by atoms with Gasteiger partial charge in [-0.1, -0.05) is 25.4 Å². The van der Waals surface area contributed by atoms with E-state index in [9.17, 15) is 0 Å². The summed E-state index contributed by atoms with van der Waals surface area (Å²) in [7, 11) is 0. The van der Waals surface area contributed by atoms with E-state index in [1.165, 1.54) is 0 Å². The molecule has 0 radical (unpaired) electrons. The highest BCUT2D eigenvalue weighted by Gasteiger charge is 2.08. The van der Waals surface area contributed by atoms with Gasteiger partial charge in [-0.05, 0) is 35.4 Å². The predicted molar refractivity (Wildman–Crippen MR) is 63.0 cm³/mol. The Balaban J connectivity index is 2.99. The van der Waals surface area contributed by atoms with Crippen molar-refractivity contribution in [2.24, 2.45) is 5.92 Å². The number of aryl methyl sites for hydroxylation is 1. The summed E-state index contributed by atoms with van der Waals surface area (Å²) in [5.74, 6) is 1.41. The highest BCUT2D eigenvalue weighted by atomic mass is 127. The minimum Gasteiger partial charge on any atom is -0.237 e. The molecule has 0 atom stereocenters. The molecular weight excluding hydrogens is 298 g/mol. The van der Waals surface area contributed by atoms with Crippen molar-refractivity contribution >= 4 is 34.2 Å². The molecule has 72 valence electrons. The van der Waals surface area contributed by atoms with Crippen molar-refractivity contribution in [3.63, 3.8) is 0 Å². The van der Waals surface area contributed by atoms with Gasteiger partial charge in [-0.3, -0.25) is 0 Å². The van der Waals surface area contributed by atoms with E-state index in [0.29, 0.717) is 11.1 Å². The second-order valence-corrected chi connectivity index (χ2v) is 4.86. The first-order valence-corrected chi connectivity index (χ1v) is 5.65. The van der Waals surface area contributed by atoms with Gasteiger partial charge in [0.2, 0.25) is 0 Å². The molecule has 0 amide bonds. The molecule has 1 heterocycles. The normalized spacial score (nSPS) is 10.9. The summed E-state index contributed by atoms with van der Waals surface area (Å²) in [4.78, 5) is 8.59. The SMILES string of the molecule is Cc1nc(CC(C)C)nc(Cl)c1I. The van der Waals surface area contributed by atoms with Crippen LogP contribution < -0.4 is 0 Å². The van der Waals surface area contributed by atoms with E-state index in [0.717, 1.165) is 21.5 Å². The molecule has 0 N–H and O–H groups in total. The topological polar surface area (TPSA) is 25.8 Å². The minimum absolute atomic E-state index is 0.565. The van der Waals surface area contributed by atoms with Gasteiger partial charge in [0.05, 0.1) is 9.26 Å². The van der Waals surface area contributed by atoms with Crippen LogP contribution in [0.2, 0.25) is 5.15 Å². The molecule has 0 aliphatic carbocycles. The average Bonchev–Trinajstić information content (AvgIpc) is 1.98. The fourth-order valence-corrected chi connectivity index (χ4v) is 1.51. The Bertz CT molecular complexity index is 289. The highest BCUT2D eigenvalue weighted by Crippen LogP contribution is 2.19. The second-order valence-electron chi connectivity index (χ2n) is 3.43. The standard InChI is InChI=1S/C9H12ClIN2/c1-5(2)4-7-12-6(3)8(11)9(10)13-7/h5H,4H2,1-3H3. The third kappa shape index (κ3) is 3.06. The maximum atomic E-state index is 5.94. The second kappa shape index (κ2) is 4.55. The van der Waals surface area contributed by atoms with Gasteiger partial charge in [0.25, 0.3) is 0 Å².